The number of nitrogens with zero attached hydrogens (tertiary/aromatic N) is 2. The fourth-order valence-electron chi connectivity index (χ4n) is 3.48. The van der Waals surface area contributed by atoms with Crippen molar-refractivity contribution < 1.29 is 26.4 Å². The molecule has 0 spiro atoms. The van der Waals surface area contributed by atoms with E-state index >= 15 is 0 Å². The zero-order valence-corrected chi connectivity index (χ0v) is 20.8. The Balaban J connectivity index is 1.40. The first kappa shape index (κ1) is 24.3. The van der Waals surface area contributed by atoms with Gasteiger partial charge >= 0.3 is 6.18 Å². The van der Waals surface area contributed by atoms with Crippen molar-refractivity contribution >= 4 is 54.5 Å². The second kappa shape index (κ2) is 9.45. The molecule has 3 aromatic rings. The van der Waals surface area contributed by atoms with Gasteiger partial charge in [0.25, 0.3) is 10.0 Å². The summed E-state index contributed by atoms with van der Waals surface area (Å²) in [5, 5.41) is 5.00. The third-order valence-electron chi connectivity index (χ3n) is 5.09. The lowest BCUT2D eigenvalue weighted by atomic mass is 10.1. The van der Waals surface area contributed by atoms with Crippen molar-refractivity contribution in [2.45, 2.75) is 35.8 Å². The van der Waals surface area contributed by atoms with Crippen LogP contribution in [0.3, 0.4) is 0 Å². The van der Waals surface area contributed by atoms with E-state index in [0.29, 0.717) is 32.9 Å². The number of hydrogen-bond acceptors (Lipinski definition) is 6. The van der Waals surface area contributed by atoms with E-state index in [1.807, 2.05) is 0 Å². The zero-order chi connectivity index (χ0) is 23.8. The van der Waals surface area contributed by atoms with E-state index in [1.165, 1.54) is 33.8 Å². The fourth-order valence-corrected chi connectivity index (χ4v) is 8.02. The Morgan fingerprint density at radius 3 is 2.58 bits per heavy atom. The number of amides is 1. The highest BCUT2D eigenvalue weighted by Gasteiger charge is 2.40. The summed E-state index contributed by atoms with van der Waals surface area (Å²) < 4.78 is 66.2. The average molecular weight is 580 g/mol. The van der Waals surface area contributed by atoms with Crippen LogP contribution in [0, 0.1) is 0 Å². The second-order valence-electron chi connectivity index (χ2n) is 7.25. The standard InChI is InChI=1S/C20H17BrF3N3O3S3/c21-16-7-8-18(32-16)33(29,30)27-9-1-2-15(27)19(28)25-10-17-26-14(11-31-17)12-3-5-13(6-4-12)20(22,23)24/h3-8,11,15H,1-2,9-10H2,(H,25,28)/t15-/m1/s1. The van der Waals surface area contributed by atoms with Gasteiger partial charge in [0, 0.05) is 17.5 Å². The molecule has 176 valence electrons. The number of thiazole rings is 1. The smallest absolute Gasteiger partial charge is 0.348 e. The molecule has 2 aromatic heterocycles. The molecular weight excluding hydrogens is 563 g/mol. The summed E-state index contributed by atoms with van der Waals surface area (Å²) in [6, 6.07) is 7.06. The second-order valence-corrected chi connectivity index (χ2v) is 12.8. The Morgan fingerprint density at radius 2 is 1.94 bits per heavy atom. The molecule has 3 heterocycles. The molecule has 1 aliphatic rings. The summed E-state index contributed by atoms with van der Waals surface area (Å²) in [6.07, 6.45) is -3.40. The van der Waals surface area contributed by atoms with Crippen LogP contribution in [0.2, 0.25) is 0 Å². The topological polar surface area (TPSA) is 79.4 Å². The Hall–Kier alpha value is -1.80. The number of aromatic nitrogens is 1. The third kappa shape index (κ3) is 5.32. The Kier molecular flexibility index (Phi) is 6.97. The molecule has 1 atom stereocenters. The predicted octanol–water partition coefficient (Wildman–Crippen LogP) is 5.12. The quantitative estimate of drug-likeness (QED) is 0.439. The van der Waals surface area contributed by atoms with Gasteiger partial charge in [0.2, 0.25) is 5.91 Å². The van der Waals surface area contributed by atoms with Crippen LogP contribution in [0.4, 0.5) is 13.2 Å². The lowest BCUT2D eigenvalue weighted by Crippen LogP contribution is -2.45. The molecule has 0 bridgehead atoms. The van der Waals surface area contributed by atoms with E-state index in [1.54, 1.807) is 11.4 Å². The molecule has 0 saturated carbocycles. The van der Waals surface area contributed by atoms with Gasteiger partial charge in [-0.3, -0.25) is 4.79 Å². The number of carbonyl (C=O) groups excluding carboxylic acids is 1. The number of nitrogens with one attached hydrogen (secondary N) is 1. The van der Waals surface area contributed by atoms with Gasteiger partial charge in [-0.1, -0.05) is 12.1 Å². The Morgan fingerprint density at radius 1 is 1.21 bits per heavy atom. The van der Waals surface area contributed by atoms with Gasteiger partial charge in [-0.25, -0.2) is 13.4 Å². The highest BCUT2D eigenvalue weighted by Crippen LogP contribution is 2.33. The van der Waals surface area contributed by atoms with Crippen molar-refractivity contribution in [3.8, 4) is 11.3 Å². The number of halogens is 4. The molecule has 0 aliphatic carbocycles. The molecule has 1 saturated heterocycles. The normalized spacial score (nSPS) is 17.4. The number of benzene rings is 1. The maximum absolute atomic E-state index is 12.9. The number of thiophene rings is 1. The molecule has 13 heteroatoms. The molecule has 4 rings (SSSR count). The van der Waals surface area contributed by atoms with Crippen LogP contribution in [0.5, 0.6) is 0 Å². The fraction of sp³-hybridized carbons (Fsp3) is 0.300. The van der Waals surface area contributed by atoms with E-state index in [4.69, 9.17) is 0 Å². The summed E-state index contributed by atoms with van der Waals surface area (Å²) in [6.45, 7) is 0.365. The molecule has 1 fully saturated rings. The first-order chi connectivity index (χ1) is 15.6. The minimum Gasteiger partial charge on any atom is -0.348 e. The van der Waals surface area contributed by atoms with E-state index in [-0.39, 0.29) is 17.3 Å². The monoisotopic (exact) mass is 579 g/mol. The summed E-state index contributed by atoms with van der Waals surface area (Å²) in [5.74, 6) is -0.405. The maximum atomic E-state index is 12.9. The lowest BCUT2D eigenvalue weighted by molar-refractivity contribution is -0.137. The van der Waals surface area contributed by atoms with Crippen molar-refractivity contribution in [1.82, 2.24) is 14.6 Å². The maximum Gasteiger partial charge on any atom is 0.416 e. The van der Waals surface area contributed by atoms with E-state index in [9.17, 15) is 26.4 Å². The molecule has 1 N–H and O–H groups in total. The van der Waals surface area contributed by atoms with Gasteiger partial charge < -0.3 is 5.32 Å². The number of carbonyl (C=O) groups is 1. The summed E-state index contributed by atoms with van der Waals surface area (Å²) in [5.41, 5.74) is 0.304. The molecule has 33 heavy (non-hydrogen) atoms. The van der Waals surface area contributed by atoms with Crippen molar-refractivity contribution in [2.24, 2.45) is 0 Å². The largest absolute Gasteiger partial charge is 0.416 e. The number of alkyl halides is 3. The highest BCUT2D eigenvalue weighted by molar-refractivity contribution is 9.11. The van der Waals surface area contributed by atoms with Gasteiger partial charge in [0.15, 0.2) is 0 Å². The van der Waals surface area contributed by atoms with Crippen LogP contribution >= 0.6 is 38.6 Å². The number of hydrogen-bond donors (Lipinski definition) is 1. The summed E-state index contributed by atoms with van der Waals surface area (Å²) in [4.78, 5) is 17.1. The molecule has 1 aromatic carbocycles. The van der Waals surface area contributed by atoms with Gasteiger partial charge in [-0.2, -0.15) is 17.5 Å². The van der Waals surface area contributed by atoms with Crippen LogP contribution in [0.15, 0.2) is 49.8 Å². The lowest BCUT2D eigenvalue weighted by Gasteiger charge is -2.22. The first-order valence-electron chi connectivity index (χ1n) is 9.72. The summed E-state index contributed by atoms with van der Waals surface area (Å²) in [7, 11) is -3.77. The average Bonchev–Trinajstić information content (AvgIpc) is 3.52. The Labute approximate surface area is 204 Å². The van der Waals surface area contributed by atoms with Crippen LogP contribution in [-0.2, 0) is 27.5 Å². The molecule has 1 amide bonds. The van der Waals surface area contributed by atoms with Crippen molar-refractivity contribution in [3.63, 3.8) is 0 Å². The van der Waals surface area contributed by atoms with Crippen molar-refractivity contribution in [2.75, 3.05) is 6.54 Å². The molecule has 0 radical (unpaired) electrons. The molecule has 0 unspecified atom stereocenters. The minimum absolute atomic E-state index is 0.0963. The van der Waals surface area contributed by atoms with Gasteiger partial charge in [0.05, 0.1) is 21.6 Å². The highest BCUT2D eigenvalue weighted by atomic mass is 79.9. The third-order valence-corrected chi connectivity index (χ3v) is 9.94. The molecule has 1 aliphatic heterocycles. The number of sulfonamides is 1. The van der Waals surface area contributed by atoms with Crippen LogP contribution in [-0.4, -0.2) is 36.2 Å². The van der Waals surface area contributed by atoms with Gasteiger partial charge in [-0.15, -0.1) is 22.7 Å². The van der Waals surface area contributed by atoms with E-state index < -0.39 is 33.7 Å². The first-order valence-corrected chi connectivity index (χ1v) is 13.7. The van der Waals surface area contributed by atoms with Gasteiger partial charge in [0.1, 0.15) is 15.3 Å². The SMILES string of the molecule is O=C(NCc1nc(-c2ccc(C(F)(F)F)cc2)cs1)[C@H]1CCCN1S(=O)(=O)c1ccc(Br)s1. The van der Waals surface area contributed by atoms with Crippen molar-refractivity contribution in [3.05, 3.63) is 56.1 Å². The van der Waals surface area contributed by atoms with Gasteiger partial charge in [-0.05, 0) is 53.0 Å². The van der Waals surface area contributed by atoms with E-state index in [0.717, 1.165) is 23.5 Å². The van der Waals surface area contributed by atoms with Crippen LogP contribution < -0.4 is 5.32 Å². The van der Waals surface area contributed by atoms with Crippen LogP contribution in [0.1, 0.15) is 23.4 Å². The minimum atomic E-state index is -4.41. The van der Waals surface area contributed by atoms with Crippen LogP contribution in [0.25, 0.3) is 11.3 Å². The number of rotatable bonds is 6. The predicted molar refractivity (Wildman–Crippen MR) is 123 cm³/mol. The molecule has 6 nitrogen and oxygen atoms in total. The summed E-state index contributed by atoms with van der Waals surface area (Å²) >= 11 is 5.61. The Bertz CT molecular complexity index is 1260. The molecular formula is C20H17BrF3N3O3S3. The van der Waals surface area contributed by atoms with E-state index in [2.05, 4.69) is 26.2 Å². The van der Waals surface area contributed by atoms with Crippen molar-refractivity contribution in [1.29, 1.82) is 0 Å². The zero-order valence-electron chi connectivity index (χ0n) is 16.8.